The van der Waals surface area contributed by atoms with Crippen molar-refractivity contribution < 1.29 is 27.1 Å². The van der Waals surface area contributed by atoms with E-state index in [-0.39, 0.29) is 37.1 Å². The van der Waals surface area contributed by atoms with E-state index in [9.17, 15) is 22.4 Å². The van der Waals surface area contributed by atoms with E-state index in [1.807, 2.05) is 0 Å². The summed E-state index contributed by atoms with van der Waals surface area (Å²) in [6, 6.07) is 8.44. The van der Waals surface area contributed by atoms with Gasteiger partial charge in [-0.05, 0) is 36.4 Å². The van der Waals surface area contributed by atoms with Crippen molar-refractivity contribution >= 4 is 34.3 Å². The molecular weight excluding hydrogens is 520 g/mol. The number of anilines is 3. The molecule has 2 aliphatic heterocycles. The first kappa shape index (κ1) is 25.0. The Hall–Kier alpha value is -4.33. The number of carbonyl (C=O) groups excluding carboxylic acids is 1. The molecule has 2 fully saturated rings. The topological polar surface area (TPSA) is 110 Å². The van der Waals surface area contributed by atoms with E-state index in [1.165, 1.54) is 6.20 Å². The molecule has 14 heteroatoms. The number of benzene rings is 1. The van der Waals surface area contributed by atoms with E-state index in [0.717, 1.165) is 4.68 Å². The third-order valence-electron chi connectivity index (χ3n) is 6.65. The van der Waals surface area contributed by atoms with Crippen LogP contribution in [0.3, 0.4) is 0 Å². The summed E-state index contributed by atoms with van der Waals surface area (Å²) in [4.78, 5) is 27.1. The van der Waals surface area contributed by atoms with E-state index in [4.69, 9.17) is 4.74 Å². The number of nitrogens with one attached hydrogen (secondary N) is 2. The Balaban J connectivity index is 1.34. The summed E-state index contributed by atoms with van der Waals surface area (Å²) in [7, 11) is 0. The Morgan fingerprint density at radius 1 is 1.03 bits per heavy atom. The second-order valence-corrected chi connectivity index (χ2v) is 9.34. The molecule has 10 nitrogen and oxygen atoms in total. The molecule has 2 N–H and O–H groups in total. The van der Waals surface area contributed by atoms with Gasteiger partial charge in [-0.25, -0.2) is 23.8 Å². The minimum absolute atomic E-state index is 0.00689. The maximum absolute atomic E-state index is 14.8. The molecule has 39 heavy (non-hydrogen) atoms. The van der Waals surface area contributed by atoms with Gasteiger partial charge in [0.05, 0.1) is 36.9 Å². The Morgan fingerprint density at radius 3 is 2.44 bits per heavy atom. The van der Waals surface area contributed by atoms with Crippen LogP contribution in [-0.4, -0.2) is 68.4 Å². The summed E-state index contributed by atoms with van der Waals surface area (Å²) in [5, 5.41) is 9.61. The molecule has 4 aromatic rings. The van der Waals surface area contributed by atoms with Crippen LogP contribution >= 0.6 is 0 Å². The van der Waals surface area contributed by atoms with Gasteiger partial charge in [0.25, 0.3) is 0 Å². The number of fused-ring (bicyclic) bond motifs is 3. The molecule has 3 atom stereocenters. The lowest BCUT2D eigenvalue weighted by Gasteiger charge is -2.35. The van der Waals surface area contributed by atoms with Crippen molar-refractivity contribution in [2.24, 2.45) is 0 Å². The number of hydrogen-bond donors (Lipinski definition) is 2. The standard InChI is InChI=1S/C25H22F4N8O2/c26-19-9-17-11-39-12-20(19)37(17)23-18-10-31-36(13-25(27,28)29)22(18)34-21(35-23)14-1-3-15(4-2-14)32-24(38)33-16-5-7-30-8-6-16/h1-8,10,17,19-20H,9,11-13H2,(H2,30,32,33,38). The molecule has 0 spiro atoms. The summed E-state index contributed by atoms with van der Waals surface area (Å²) in [5.41, 5.74) is 1.53. The fourth-order valence-electron chi connectivity index (χ4n) is 4.95. The van der Waals surface area contributed by atoms with Gasteiger partial charge in [0.1, 0.15) is 18.5 Å². The van der Waals surface area contributed by atoms with Crippen LogP contribution in [0.25, 0.3) is 22.4 Å². The number of hydrogen-bond acceptors (Lipinski definition) is 7. The van der Waals surface area contributed by atoms with Gasteiger partial charge in [-0.2, -0.15) is 18.3 Å². The average Bonchev–Trinajstić information content (AvgIpc) is 3.37. The maximum Gasteiger partial charge on any atom is 0.408 e. The zero-order valence-corrected chi connectivity index (χ0v) is 20.3. The van der Waals surface area contributed by atoms with E-state index in [0.29, 0.717) is 28.1 Å². The molecule has 0 saturated carbocycles. The van der Waals surface area contributed by atoms with Crippen LogP contribution in [0.15, 0.2) is 55.0 Å². The molecule has 3 unspecified atom stereocenters. The molecule has 3 aromatic heterocycles. The highest BCUT2D eigenvalue weighted by Gasteiger charge is 2.46. The van der Waals surface area contributed by atoms with Crippen molar-refractivity contribution in [2.75, 3.05) is 28.7 Å². The SMILES string of the molecule is O=C(Nc1ccncc1)Nc1ccc(-c2nc(N3C4COCC3C(F)C4)c3cnn(CC(F)(F)F)c3n2)cc1. The van der Waals surface area contributed by atoms with Crippen LogP contribution in [0.1, 0.15) is 6.42 Å². The first-order valence-electron chi connectivity index (χ1n) is 12.1. The molecule has 5 heterocycles. The number of morpholine rings is 1. The number of carbonyl (C=O) groups is 1. The number of alkyl halides is 4. The molecule has 2 aliphatic rings. The molecule has 1 aromatic carbocycles. The monoisotopic (exact) mass is 542 g/mol. The highest BCUT2D eigenvalue weighted by molar-refractivity contribution is 5.99. The predicted molar refractivity (Wildman–Crippen MR) is 134 cm³/mol. The van der Waals surface area contributed by atoms with Crippen molar-refractivity contribution in [2.45, 2.75) is 37.4 Å². The van der Waals surface area contributed by atoms with E-state index < -0.39 is 31.0 Å². The summed E-state index contributed by atoms with van der Waals surface area (Å²) in [5.74, 6) is 0.469. The van der Waals surface area contributed by atoms with Crippen molar-refractivity contribution in [1.29, 1.82) is 0 Å². The third-order valence-corrected chi connectivity index (χ3v) is 6.65. The largest absolute Gasteiger partial charge is 0.408 e. The van der Waals surface area contributed by atoms with Crippen LogP contribution in [0.4, 0.5) is 39.5 Å². The molecular formula is C25H22F4N8O2. The van der Waals surface area contributed by atoms with Crippen LogP contribution in [0, 0.1) is 0 Å². The normalized spacial score (nSPS) is 20.8. The van der Waals surface area contributed by atoms with E-state index >= 15 is 0 Å². The molecule has 202 valence electrons. The first-order valence-corrected chi connectivity index (χ1v) is 12.1. The van der Waals surface area contributed by atoms with E-state index in [2.05, 4.69) is 30.7 Å². The molecule has 2 bridgehead atoms. The molecule has 2 saturated heterocycles. The highest BCUT2D eigenvalue weighted by Crippen LogP contribution is 2.39. The number of amides is 2. The van der Waals surface area contributed by atoms with Crippen LogP contribution < -0.4 is 15.5 Å². The van der Waals surface area contributed by atoms with Crippen molar-refractivity contribution in [3.8, 4) is 11.4 Å². The Bertz CT molecular complexity index is 1500. The predicted octanol–water partition coefficient (Wildman–Crippen LogP) is 4.41. The molecule has 6 rings (SSSR count). The number of ether oxygens (including phenoxy) is 1. The zero-order chi connectivity index (χ0) is 27.1. The number of pyridine rings is 1. The van der Waals surface area contributed by atoms with Gasteiger partial charge in [-0.3, -0.25) is 4.98 Å². The van der Waals surface area contributed by atoms with Crippen molar-refractivity contribution in [1.82, 2.24) is 24.7 Å². The number of rotatable bonds is 5. The highest BCUT2D eigenvalue weighted by atomic mass is 19.4. The average molecular weight is 542 g/mol. The van der Waals surface area contributed by atoms with Crippen LogP contribution in [0.5, 0.6) is 0 Å². The first-order chi connectivity index (χ1) is 18.7. The van der Waals surface area contributed by atoms with Gasteiger partial charge in [-0.1, -0.05) is 0 Å². The van der Waals surface area contributed by atoms with Gasteiger partial charge in [0.15, 0.2) is 11.5 Å². The van der Waals surface area contributed by atoms with Crippen molar-refractivity contribution in [3.63, 3.8) is 0 Å². The Labute approximate surface area is 219 Å². The molecule has 0 radical (unpaired) electrons. The Kier molecular flexibility index (Phi) is 6.25. The lowest BCUT2D eigenvalue weighted by molar-refractivity contribution is -0.141. The maximum atomic E-state index is 14.8. The Morgan fingerprint density at radius 2 is 1.74 bits per heavy atom. The third kappa shape index (κ3) is 5.06. The van der Waals surface area contributed by atoms with Gasteiger partial charge < -0.3 is 20.3 Å². The lowest BCUT2D eigenvalue weighted by Crippen LogP contribution is -2.48. The number of nitrogens with zero attached hydrogens (tertiary/aromatic N) is 6. The summed E-state index contributed by atoms with van der Waals surface area (Å²) < 4.78 is 60.9. The smallest absolute Gasteiger partial charge is 0.377 e. The van der Waals surface area contributed by atoms with E-state index in [1.54, 1.807) is 53.7 Å². The second-order valence-electron chi connectivity index (χ2n) is 9.34. The second kappa shape index (κ2) is 9.76. The fourth-order valence-corrected chi connectivity index (χ4v) is 4.95. The molecule has 2 amide bonds. The number of urea groups is 1. The van der Waals surface area contributed by atoms with Gasteiger partial charge in [0, 0.05) is 35.8 Å². The van der Waals surface area contributed by atoms with Crippen molar-refractivity contribution in [3.05, 3.63) is 55.0 Å². The zero-order valence-electron chi connectivity index (χ0n) is 20.3. The van der Waals surface area contributed by atoms with Crippen LogP contribution in [0.2, 0.25) is 0 Å². The quantitative estimate of drug-likeness (QED) is 0.360. The summed E-state index contributed by atoms with van der Waals surface area (Å²) in [6.45, 7) is -0.892. The fraction of sp³-hybridized carbons (Fsp3) is 0.320. The molecule has 0 aliphatic carbocycles. The summed E-state index contributed by atoms with van der Waals surface area (Å²) in [6.07, 6.45) is -1.05. The minimum Gasteiger partial charge on any atom is -0.377 e. The summed E-state index contributed by atoms with van der Waals surface area (Å²) >= 11 is 0. The van der Waals surface area contributed by atoms with Gasteiger partial charge >= 0.3 is 12.2 Å². The van der Waals surface area contributed by atoms with Gasteiger partial charge in [0.2, 0.25) is 0 Å². The minimum atomic E-state index is -4.52. The van der Waals surface area contributed by atoms with Gasteiger partial charge in [-0.15, -0.1) is 0 Å². The van der Waals surface area contributed by atoms with Crippen LogP contribution in [-0.2, 0) is 11.3 Å². The number of aromatic nitrogens is 5. The lowest BCUT2D eigenvalue weighted by atomic mass is 10.1. The number of halogens is 4.